The second-order valence-electron chi connectivity index (χ2n) is 6.29. The van der Waals surface area contributed by atoms with E-state index in [4.69, 9.17) is 9.05 Å². The lowest BCUT2D eigenvalue weighted by Crippen LogP contribution is -2.41. The third kappa shape index (κ3) is 2.81. The minimum atomic E-state index is -3.36. The van der Waals surface area contributed by atoms with Crippen molar-refractivity contribution < 1.29 is 18.4 Å². The quantitative estimate of drug-likeness (QED) is 0.732. The molecular formula is C12H23O4P. The van der Waals surface area contributed by atoms with E-state index in [-0.39, 0.29) is 17.1 Å². The highest BCUT2D eigenvalue weighted by atomic mass is 31.2. The second-order valence-corrected chi connectivity index (χ2v) is 8.92. The third-order valence-corrected chi connectivity index (χ3v) is 5.59. The molecular weight excluding hydrogens is 239 g/mol. The highest BCUT2D eigenvalue weighted by molar-refractivity contribution is 7.56. The van der Waals surface area contributed by atoms with Crippen LogP contribution in [0.5, 0.6) is 0 Å². The molecule has 0 bridgehead atoms. The van der Waals surface area contributed by atoms with Gasteiger partial charge in [0.15, 0.2) is 5.78 Å². The van der Waals surface area contributed by atoms with Gasteiger partial charge in [0.25, 0.3) is 0 Å². The molecule has 0 radical (unpaired) electrons. The minimum absolute atomic E-state index is 0.0828. The minimum Gasteiger partial charge on any atom is -0.307 e. The van der Waals surface area contributed by atoms with Crippen LogP contribution in [-0.4, -0.2) is 24.2 Å². The molecule has 0 atom stereocenters. The fourth-order valence-electron chi connectivity index (χ4n) is 1.76. The van der Waals surface area contributed by atoms with Gasteiger partial charge in [-0.15, -0.1) is 0 Å². The van der Waals surface area contributed by atoms with E-state index >= 15 is 0 Å². The number of rotatable bonds is 3. The van der Waals surface area contributed by atoms with Gasteiger partial charge < -0.3 is 9.05 Å². The first-order chi connectivity index (χ1) is 7.52. The lowest BCUT2D eigenvalue weighted by atomic mass is 9.97. The van der Waals surface area contributed by atoms with Gasteiger partial charge in [-0.3, -0.25) is 9.36 Å². The Morgan fingerprint density at radius 1 is 1.24 bits per heavy atom. The van der Waals surface area contributed by atoms with Crippen LogP contribution >= 0.6 is 7.60 Å². The van der Waals surface area contributed by atoms with Crippen LogP contribution in [-0.2, 0) is 18.4 Å². The Morgan fingerprint density at radius 2 is 1.65 bits per heavy atom. The second kappa shape index (κ2) is 4.49. The average Bonchev–Trinajstić information content (AvgIpc) is 2.21. The summed E-state index contributed by atoms with van der Waals surface area (Å²) in [5, 5.41) is -1.07. The molecule has 1 fully saturated rings. The highest BCUT2D eigenvalue weighted by Crippen LogP contribution is 2.63. The van der Waals surface area contributed by atoms with E-state index in [0.717, 1.165) is 0 Å². The van der Waals surface area contributed by atoms with Crippen molar-refractivity contribution in [2.75, 3.05) is 13.2 Å². The molecule has 0 aromatic heterocycles. The molecule has 1 heterocycles. The molecule has 1 saturated heterocycles. The molecule has 1 aliphatic heterocycles. The SMILES string of the molecule is CC(C)C(=O)C(C)(C)P1(=O)OCC(C)(C)CO1. The molecule has 100 valence electrons. The summed E-state index contributed by atoms with van der Waals surface area (Å²) >= 11 is 0. The molecule has 1 rings (SSSR count). The van der Waals surface area contributed by atoms with Crippen molar-refractivity contribution in [2.45, 2.75) is 46.7 Å². The maximum Gasteiger partial charge on any atom is 0.343 e. The van der Waals surface area contributed by atoms with Crippen molar-refractivity contribution in [2.24, 2.45) is 11.3 Å². The molecule has 0 saturated carbocycles. The van der Waals surface area contributed by atoms with Gasteiger partial charge >= 0.3 is 7.60 Å². The lowest BCUT2D eigenvalue weighted by Gasteiger charge is -2.40. The average molecular weight is 262 g/mol. The first kappa shape index (κ1) is 14.9. The maximum atomic E-state index is 12.6. The Morgan fingerprint density at radius 3 is 2.00 bits per heavy atom. The summed E-state index contributed by atoms with van der Waals surface area (Å²) in [5.74, 6) is -0.265. The van der Waals surface area contributed by atoms with Crippen LogP contribution in [0, 0.1) is 11.3 Å². The molecule has 0 aromatic rings. The summed E-state index contributed by atoms with van der Waals surface area (Å²) in [7, 11) is -3.36. The first-order valence-corrected chi connectivity index (χ1v) is 7.50. The van der Waals surface area contributed by atoms with Gasteiger partial charge in [0.05, 0.1) is 13.2 Å². The van der Waals surface area contributed by atoms with Gasteiger partial charge in [0.2, 0.25) is 0 Å². The summed E-state index contributed by atoms with van der Waals surface area (Å²) in [4.78, 5) is 12.1. The van der Waals surface area contributed by atoms with E-state index in [1.807, 2.05) is 13.8 Å². The van der Waals surface area contributed by atoms with Crippen LogP contribution in [0.15, 0.2) is 0 Å². The number of ketones is 1. The van der Waals surface area contributed by atoms with Crippen molar-refractivity contribution in [3.63, 3.8) is 0 Å². The molecule has 0 spiro atoms. The predicted molar refractivity (Wildman–Crippen MR) is 67.2 cm³/mol. The zero-order chi connectivity index (χ0) is 13.5. The number of hydrogen-bond donors (Lipinski definition) is 0. The number of hydrogen-bond acceptors (Lipinski definition) is 4. The normalized spacial score (nSPS) is 23.7. The van der Waals surface area contributed by atoms with E-state index in [1.165, 1.54) is 0 Å². The van der Waals surface area contributed by atoms with Gasteiger partial charge in [0.1, 0.15) is 5.16 Å². The van der Waals surface area contributed by atoms with Crippen LogP contribution in [0.4, 0.5) is 0 Å². The molecule has 0 amide bonds. The third-order valence-electron chi connectivity index (χ3n) is 3.06. The largest absolute Gasteiger partial charge is 0.343 e. The van der Waals surface area contributed by atoms with Crippen molar-refractivity contribution >= 4 is 13.4 Å². The van der Waals surface area contributed by atoms with E-state index in [0.29, 0.717) is 13.2 Å². The summed E-state index contributed by atoms with van der Waals surface area (Å²) in [6.07, 6.45) is 0. The Bertz CT molecular complexity index is 344. The van der Waals surface area contributed by atoms with E-state index in [9.17, 15) is 9.36 Å². The summed E-state index contributed by atoms with van der Waals surface area (Å²) in [6, 6.07) is 0. The number of carbonyl (C=O) groups excluding carboxylic acids is 1. The van der Waals surface area contributed by atoms with Gasteiger partial charge in [-0.25, -0.2) is 0 Å². The van der Waals surface area contributed by atoms with Gasteiger partial charge in [-0.2, -0.15) is 0 Å². The molecule has 5 heteroatoms. The smallest absolute Gasteiger partial charge is 0.307 e. The molecule has 0 aromatic carbocycles. The molecule has 0 aliphatic carbocycles. The van der Waals surface area contributed by atoms with Crippen LogP contribution in [0.25, 0.3) is 0 Å². The summed E-state index contributed by atoms with van der Waals surface area (Å²) in [5.41, 5.74) is -0.148. The van der Waals surface area contributed by atoms with Crippen molar-refractivity contribution in [3.8, 4) is 0 Å². The van der Waals surface area contributed by atoms with Crippen LogP contribution in [0.2, 0.25) is 0 Å². The zero-order valence-corrected chi connectivity index (χ0v) is 12.5. The highest BCUT2D eigenvalue weighted by Gasteiger charge is 2.52. The topological polar surface area (TPSA) is 52.6 Å². The van der Waals surface area contributed by atoms with Crippen LogP contribution in [0.1, 0.15) is 41.5 Å². The standard InChI is InChI=1S/C12H23O4P/c1-9(2)10(13)12(5,6)17(14)15-7-11(3,4)8-16-17/h9H,7-8H2,1-6H3. The predicted octanol–water partition coefficient (Wildman–Crippen LogP) is 3.26. The Balaban J connectivity index is 2.93. The van der Waals surface area contributed by atoms with Crippen LogP contribution < -0.4 is 0 Å². The first-order valence-electron chi connectivity index (χ1n) is 5.95. The van der Waals surface area contributed by atoms with E-state index in [1.54, 1.807) is 27.7 Å². The summed E-state index contributed by atoms with van der Waals surface area (Å²) < 4.78 is 23.5. The fraction of sp³-hybridized carbons (Fsp3) is 0.917. The Labute approximate surface area is 104 Å². The monoisotopic (exact) mass is 262 g/mol. The summed E-state index contributed by atoms with van der Waals surface area (Å²) in [6.45, 7) is 11.6. The Hall–Kier alpha value is -0.180. The van der Waals surface area contributed by atoms with Crippen molar-refractivity contribution in [1.29, 1.82) is 0 Å². The van der Waals surface area contributed by atoms with Gasteiger partial charge in [-0.1, -0.05) is 27.7 Å². The van der Waals surface area contributed by atoms with Gasteiger partial charge in [0, 0.05) is 11.3 Å². The zero-order valence-electron chi connectivity index (χ0n) is 11.6. The molecule has 0 N–H and O–H groups in total. The van der Waals surface area contributed by atoms with Crippen molar-refractivity contribution in [3.05, 3.63) is 0 Å². The van der Waals surface area contributed by atoms with Crippen LogP contribution in [0.3, 0.4) is 0 Å². The molecule has 0 unspecified atom stereocenters. The molecule has 4 nitrogen and oxygen atoms in total. The molecule has 1 aliphatic rings. The van der Waals surface area contributed by atoms with Crippen molar-refractivity contribution in [1.82, 2.24) is 0 Å². The number of Topliss-reactive ketones (excluding diaryl/α,β-unsaturated/α-hetero) is 1. The fourth-order valence-corrected chi connectivity index (χ4v) is 4.05. The van der Waals surface area contributed by atoms with E-state index < -0.39 is 12.8 Å². The maximum absolute atomic E-state index is 12.6. The Kier molecular flexibility index (Phi) is 3.93. The number of carbonyl (C=O) groups is 1. The van der Waals surface area contributed by atoms with E-state index in [2.05, 4.69) is 0 Å². The lowest BCUT2D eigenvalue weighted by molar-refractivity contribution is -0.124. The molecule has 17 heavy (non-hydrogen) atoms. The van der Waals surface area contributed by atoms with Gasteiger partial charge in [-0.05, 0) is 13.8 Å².